The summed E-state index contributed by atoms with van der Waals surface area (Å²) < 4.78 is 20.6. The maximum absolute atomic E-state index is 14.1. The standard InChI is InChI=1S/C10H13FN6O3/c11-5-7(19)4(1-2-18)20-10(5)17-9-6(15-16-17)8(12)13-3-14-9/h3-5,7,10,18-19H,1-2H2,(H2,12,13,14)/t4-,5+,7-,10-/m1/s1. The van der Waals surface area contributed by atoms with Crippen LogP contribution >= 0.6 is 0 Å². The Labute approximate surface area is 112 Å². The second-order valence-corrected chi connectivity index (χ2v) is 4.48. The number of alkyl halides is 1. The molecule has 3 heterocycles. The quantitative estimate of drug-likeness (QED) is 0.639. The van der Waals surface area contributed by atoms with Crippen molar-refractivity contribution in [2.24, 2.45) is 0 Å². The van der Waals surface area contributed by atoms with Crippen LogP contribution in [0, 0.1) is 0 Å². The normalized spacial score (nSPS) is 30.1. The van der Waals surface area contributed by atoms with Gasteiger partial charge in [0.2, 0.25) is 0 Å². The lowest BCUT2D eigenvalue weighted by Gasteiger charge is -2.13. The van der Waals surface area contributed by atoms with E-state index in [9.17, 15) is 9.50 Å². The predicted octanol–water partition coefficient (Wildman–Crippen LogP) is -1.22. The van der Waals surface area contributed by atoms with Gasteiger partial charge in [-0.25, -0.2) is 14.4 Å². The first-order valence-corrected chi connectivity index (χ1v) is 6.03. The van der Waals surface area contributed by atoms with E-state index in [2.05, 4.69) is 20.3 Å². The number of ether oxygens (including phenoxy) is 1. The first-order chi connectivity index (χ1) is 9.63. The molecule has 2 aromatic rings. The van der Waals surface area contributed by atoms with Crippen molar-refractivity contribution in [3.8, 4) is 0 Å². The van der Waals surface area contributed by atoms with Crippen LogP contribution in [0.5, 0.6) is 0 Å². The van der Waals surface area contributed by atoms with Crippen LogP contribution in [0.25, 0.3) is 11.2 Å². The minimum absolute atomic E-state index is 0.127. The van der Waals surface area contributed by atoms with E-state index in [1.807, 2.05) is 0 Å². The highest BCUT2D eigenvalue weighted by Gasteiger charge is 2.46. The van der Waals surface area contributed by atoms with Crippen molar-refractivity contribution in [2.75, 3.05) is 12.3 Å². The third-order valence-corrected chi connectivity index (χ3v) is 3.24. The van der Waals surface area contributed by atoms with Crippen LogP contribution in [0.4, 0.5) is 10.2 Å². The van der Waals surface area contributed by atoms with Crippen LogP contribution < -0.4 is 5.73 Å². The maximum Gasteiger partial charge on any atom is 0.188 e. The van der Waals surface area contributed by atoms with Crippen LogP contribution in [0.15, 0.2) is 6.33 Å². The zero-order valence-corrected chi connectivity index (χ0v) is 10.3. The number of fused-ring (bicyclic) bond motifs is 1. The molecule has 0 aliphatic carbocycles. The molecular formula is C10H13FN6O3. The lowest BCUT2D eigenvalue weighted by atomic mass is 10.1. The van der Waals surface area contributed by atoms with Gasteiger partial charge in [0, 0.05) is 6.61 Å². The summed E-state index contributed by atoms with van der Waals surface area (Å²) in [6.07, 6.45) is -3.68. The van der Waals surface area contributed by atoms with Crippen molar-refractivity contribution in [2.45, 2.75) is 31.0 Å². The Balaban J connectivity index is 1.97. The molecule has 0 bridgehead atoms. The summed E-state index contributed by atoms with van der Waals surface area (Å²) in [6, 6.07) is 0. The summed E-state index contributed by atoms with van der Waals surface area (Å²) >= 11 is 0. The number of nitrogens with zero attached hydrogens (tertiary/aromatic N) is 5. The van der Waals surface area contributed by atoms with E-state index in [4.69, 9.17) is 15.6 Å². The molecule has 9 nitrogen and oxygen atoms in total. The molecule has 108 valence electrons. The highest BCUT2D eigenvalue weighted by atomic mass is 19.1. The summed E-state index contributed by atoms with van der Waals surface area (Å²) in [5, 5.41) is 26.2. The lowest BCUT2D eigenvalue weighted by molar-refractivity contribution is -0.0380. The average molecular weight is 284 g/mol. The highest BCUT2D eigenvalue weighted by molar-refractivity contribution is 5.80. The number of nitrogen functional groups attached to an aromatic ring is 1. The topological polar surface area (TPSA) is 132 Å². The second kappa shape index (κ2) is 4.89. The van der Waals surface area contributed by atoms with Crippen LogP contribution in [0.3, 0.4) is 0 Å². The summed E-state index contributed by atoms with van der Waals surface area (Å²) in [7, 11) is 0. The fourth-order valence-corrected chi connectivity index (χ4v) is 2.22. The number of hydrogen-bond donors (Lipinski definition) is 3. The third kappa shape index (κ3) is 1.88. The van der Waals surface area contributed by atoms with Gasteiger partial charge in [0.15, 0.2) is 29.4 Å². The number of aliphatic hydroxyl groups excluding tert-OH is 2. The number of nitrogens with two attached hydrogens (primary N) is 1. The molecule has 20 heavy (non-hydrogen) atoms. The number of rotatable bonds is 3. The fourth-order valence-electron chi connectivity index (χ4n) is 2.22. The molecule has 3 rings (SSSR count). The van der Waals surface area contributed by atoms with E-state index < -0.39 is 24.6 Å². The van der Waals surface area contributed by atoms with E-state index in [0.717, 1.165) is 4.68 Å². The number of aliphatic hydroxyl groups is 2. The molecule has 0 spiro atoms. The van der Waals surface area contributed by atoms with Gasteiger partial charge in [-0.2, -0.15) is 4.68 Å². The van der Waals surface area contributed by atoms with Crippen molar-refractivity contribution in [3.05, 3.63) is 6.33 Å². The van der Waals surface area contributed by atoms with E-state index >= 15 is 0 Å². The highest BCUT2D eigenvalue weighted by Crippen LogP contribution is 2.34. The van der Waals surface area contributed by atoms with Crippen LogP contribution in [-0.4, -0.2) is 60.2 Å². The summed E-state index contributed by atoms with van der Waals surface area (Å²) in [5.74, 6) is 0.127. The van der Waals surface area contributed by atoms with Gasteiger partial charge in [-0.1, -0.05) is 5.21 Å². The van der Waals surface area contributed by atoms with E-state index in [0.29, 0.717) is 0 Å². The van der Waals surface area contributed by atoms with Crippen LogP contribution in [-0.2, 0) is 4.74 Å². The minimum Gasteiger partial charge on any atom is -0.396 e. The largest absolute Gasteiger partial charge is 0.396 e. The van der Waals surface area contributed by atoms with E-state index in [1.165, 1.54) is 6.33 Å². The number of anilines is 1. The molecule has 1 aliphatic rings. The summed E-state index contributed by atoms with van der Waals surface area (Å²) in [5.41, 5.74) is 6.08. The van der Waals surface area contributed by atoms with Crippen molar-refractivity contribution < 1.29 is 19.3 Å². The van der Waals surface area contributed by atoms with Gasteiger partial charge in [-0.05, 0) is 6.42 Å². The number of hydrogen-bond acceptors (Lipinski definition) is 8. The lowest BCUT2D eigenvalue weighted by Crippen LogP contribution is -2.29. The first kappa shape index (κ1) is 13.1. The van der Waals surface area contributed by atoms with Gasteiger partial charge in [0.05, 0.1) is 6.10 Å². The van der Waals surface area contributed by atoms with Crippen molar-refractivity contribution in [1.29, 1.82) is 0 Å². The zero-order valence-electron chi connectivity index (χ0n) is 10.3. The molecule has 4 N–H and O–H groups in total. The molecule has 1 fully saturated rings. The molecule has 4 atom stereocenters. The fraction of sp³-hybridized carbons (Fsp3) is 0.600. The second-order valence-electron chi connectivity index (χ2n) is 4.48. The average Bonchev–Trinajstić information content (AvgIpc) is 2.97. The van der Waals surface area contributed by atoms with Crippen molar-refractivity contribution >= 4 is 17.0 Å². The summed E-state index contributed by atoms with van der Waals surface area (Å²) in [4.78, 5) is 7.71. The van der Waals surface area contributed by atoms with Crippen LogP contribution in [0.1, 0.15) is 12.6 Å². The maximum atomic E-state index is 14.1. The van der Waals surface area contributed by atoms with Crippen molar-refractivity contribution in [3.63, 3.8) is 0 Å². The first-order valence-electron chi connectivity index (χ1n) is 6.03. The van der Waals surface area contributed by atoms with E-state index in [1.54, 1.807) is 0 Å². The Morgan fingerprint density at radius 2 is 2.25 bits per heavy atom. The predicted molar refractivity (Wildman–Crippen MR) is 64.0 cm³/mol. The SMILES string of the molecule is Nc1ncnc2c1nnn2[C@@H]1O[C@H](CCO)[C@@H](O)[C@@H]1F. The molecule has 2 aromatic heterocycles. The minimum atomic E-state index is -1.70. The Bertz CT molecular complexity index is 622. The molecule has 0 aromatic carbocycles. The van der Waals surface area contributed by atoms with E-state index in [-0.39, 0.29) is 30.0 Å². The third-order valence-electron chi connectivity index (χ3n) is 3.24. The van der Waals surface area contributed by atoms with Crippen LogP contribution in [0.2, 0.25) is 0 Å². The molecule has 1 saturated heterocycles. The Morgan fingerprint density at radius 3 is 3.00 bits per heavy atom. The number of halogens is 1. The molecule has 10 heteroatoms. The smallest absolute Gasteiger partial charge is 0.188 e. The Kier molecular flexibility index (Phi) is 3.20. The van der Waals surface area contributed by atoms with Gasteiger partial charge in [-0.15, -0.1) is 5.10 Å². The van der Waals surface area contributed by atoms with Gasteiger partial charge >= 0.3 is 0 Å². The van der Waals surface area contributed by atoms with Crippen molar-refractivity contribution in [1.82, 2.24) is 25.0 Å². The molecule has 1 aliphatic heterocycles. The molecular weight excluding hydrogens is 271 g/mol. The zero-order chi connectivity index (χ0) is 14.3. The molecule has 0 radical (unpaired) electrons. The molecule has 0 saturated carbocycles. The van der Waals surface area contributed by atoms with Gasteiger partial charge in [-0.3, -0.25) is 0 Å². The summed E-state index contributed by atoms with van der Waals surface area (Å²) in [6.45, 7) is -0.214. The number of aromatic nitrogens is 5. The Morgan fingerprint density at radius 1 is 1.45 bits per heavy atom. The van der Waals surface area contributed by atoms with Gasteiger partial charge < -0.3 is 20.7 Å². The molecule has 0 amide bonds. The van der Waals surface area contributed by atoms with Gasteiger partial charge in [0.25, 0.3) is 0 Å². The molecule has 0 unspecified atom stereocenters. The van der Waals surface area contributed by atoms with Gasteiger partial charge in [0.1, 0.15) is 12.4 Å². The Hall–Kier alpha value is -1.91. The monoisotopic (exact) mass is 284 g/mol.